The first-order valence-corrected chi connectivity index (χ1v) is 9.43. The Morgan fingerprint density at radius 1 is 1.38 bits per heavy atom. The van der Waals surface area contributed by atoms with Gasteiger partial charge in [0.25, 0.3) is 11.8 Å². The van der Waals surface area contributed by atoms with Gasteiger partial charge in [-0.2, -0.15) is 0 Å². The number of carbonyl (C=O) groups excluding carboxylic acids is 4. The van der Waals surface area contributed by atoms with Gasteiger partial charge in [-0.25, -0.2) is 4.79 Å². The van der Waals surface area contributed by atoms with Crippen molar-refractivity contribution < 1.29 is 23.9 Å². The fourth-order valence-electron chi connectivity index (χ4n) is 3.29. The Morgan fingerprint density at radius 3 is 2.77 bits per heavy atom. The number of amides is 4. The van der Waals surface area contributed by atoms with Crippen LogP contribution < -0.4 is 10.6 Å². The highest BCUT2D eigenvalue weighted by Crippen LogP contribution is 2.34. The number of hydrogen-bond acceptors (Lipinski definition) is 6. The summed E-state index contributed by atoms with van der Waals surface area (Å²) in [7, 11) is 0. The number of esters is 1. The molecule has 4 amide bonds. The van der Waals surface area contributed by atoms with E-state index in [2.05, 4.69) is 10.6 Å². The summed E-state index contributed by atoms with van der Waals surface area (Å²) in [6.45, 7) is 1.31. The predicted molar refractivity (Wildman–Crippen MR) is 93.2 cm³/mol. The van der Waals surface area contributed by atoms with Crippen LogP contribution in [0.5, 0.6) is 0 Å². The number of carbonyl (C=O) groups is 4. The largest absolute Gasteiger partial charge is 0.451 e. The van der Waals surface area contributed by atoms with Crippen molar-refractivity contribution in [2.24, 2.45) is 0 Å². The second-order valence-electron chi connectivity index (χ2n) is 6.54. The third-order valence-electron chi connectivity index (χ3n) is 4.68. The van der Waals surface area contributed by atoms with E-state index in [1.807, 2.05) is 17.5 Å². The molecule has 1 saturated carbocycles. The average Bonchev–Trinajstić information content (AvgIpc) is 3.32. The van der Waals surface area contributed by atoms with Gasteiger partial charge in [0.15, 0.2) is 6.10 Å². The van der Waals surface area contributed by atoms with Crippen LogP contribution in [0.15, 0.2) is 17.5 Å². The molecule has 0 bridgehead atoms. The summed E-state index contributed by atoms with van der Waals surface area (Å²) in [5, 5.41) is 7.28. The Morgan fingerprint density at radius 2 is 2.12 bits per heavy atom. The summed E-state index contributed by atoms with van der Waals surface area (Å²) in [6.07, 6.45) is 1.90. The van der Waals surface area contributed by atoms with Crippen LogP contribution in [0.2, 0.25) is 0 Å². The van der Waals surface area contributed by atoms with Crippen LogP contribution in [0.25, 0.3) is 0 Å². The topological polar surface area (TPSA) is 105 Å². The molecule has 9 heteroatoms. The van der Waals surface area contributed by atoms with Crippen molar-refractivity contribution in [1.29, 1.82) is 0 Å². The van der Waals surface area contributed by atoms with Gasteiger partial charge >= 0.3 is 12.0 Å². The first kappa shape index (κ1) is 18.4. The van der Waals surface area contributed by atoms with Crippen LogP contribution in [-0.4, -0.2) is 46.9 Å². The number of hydrogen-bond donors (Lipinski definition) is 2. The summed E-state index contributed by atoms with van der Waals surface area (Å²) in [5.74, 6) is -1.61. The maximum atomic E-state index is 12.5. The monoisotopic (exact) mass is 379 g/mol. The summed E-state index contributed by atoms with van der Waals surface area (Å²) in [4.78, 5) is 50.5. The van der Waals surface area contributed by atoms with Crippen molar-refractivity contribution in [3.05, 3.63) is 22.4 Å². The smallest absolute Gasteiger partial charge is 0.327 e. The van der Waals surface area contributed by atoms with Crippen LogP contribution in [0, 0.1) is 0 Å². The van der Waals surface area contributed by atoms with E-state index in [0.717, 1.165) is 22.6 Å². The first-order valence-electron chi connectivity index (χ1n) is 8.55. The molecule has 1 spiro atoms. The zero-order chi connectivity index (χ0) is 18.7. The fraction of sp³-hybridized carbons (Fsp3) is 0.529. The lowest BCUT2D eigenvalue weighted by atomic mass is 9.98. The maximum Gasteiger partial charge on any atom is 0.327 e. The van der Waals surface area contributed by atoms with E-state index < -0.39 is 36.1 Å². The van der Waals surface area contributed by atoms with E-state index in [4.69, 9.17) is 4.74 Å². The molecule has 26 heavy (non-hydrogen) atoms. The predicted octanol–water partition coefficient (Wildman–Crippen LogP) is 1.16. The van der Waals surface area contributed by atoms with Crippen molar-refractivity contribution in [2.45, 2.75) is 50.8 Å². The van der Waals surface area contributed by atoms with Crippen LogP contribution in [0.1, 0.15) is 37.5 Å². The quantitative estimate of drug-likeness (QED) is 0.570. The van der Waals surface area contributed by atoms with Gasteiger partial charge in [-0.1, -0.05) is 18.9 Å². The standard InChI is InChI=1S/C17H21N3O5S/c1-11(14(22)18-9-12-5-4-8-26-12)25-13(21)10-20-15(23)17(19-16(20)24)6-2-3-7-17/h4-5,8,11H,2-3,6-7,9-10H2,1H3,(H,18,22)(H,19,24)/t11-/m0/s1. The molecule has 1 aliphatic carbocycles. The molecule has 1 aromatic rings. The third-order valence-corrected chi connectivity index (χ3v) is 5.56. The second kappa shape index (κ2) is 7.45. The maximum absolute atomic E-state index is 12.5. The fourth-order valence-corrected chi connectivity index (χ4v) is 3.93. The zero-order valence-electron chi connectivity index (χ0n) is 14.4. The van der Waals surface area contributed by atoms with Crippen LogP contribution >= 0.6 is 11.3 Å². The van der Waals surface area contributed by atoms with Crippen LogP contribution in [-0.2, 0) is 25.7 Å². The number of nitrogens with one attached hydrogen (secondary N) is 2. The highest BCUT2D eigenvalue weighted by molar-refractivity contribution is 7.09. The zero-order valence-corrected chi connectivity index (χ0v) is 15.3. The number of nitrogens with zero attached hydrogens (tertiary/aromatic N) is 1. The van der Waals surface area contributed by atoms with Gasteiger partial charge in [0.2, 0.25) is 0 Å². The molecule has 2 aliphatic rings. The lowest BCUT2D eigenvalue weighted by Crippen LogP contribution is -2.45. The Hall–Kier alpha value is -2.42. The second-order valence-corrected chi connectivity index (χ2v) is 7.57. The highest BCUT2D eigenvalue weighted by atomic mass is 32.1. The van der Waals surface area contributed by atoms with Gasteiger partial charge in [-0.15, -0.1) is 11.3 Å². The third kappa shape index (κ3) is 3.72. The molecule has 0 unspecified atom stereocenters. The number of rotatable bonds is 6. The summed E-state index contributed by atoms with van der Waals surface area (Å²) < 4.78 is 5.07. The summed E-state index contributed by atoms with van der Waals surface area (Å²) >= 11 is 1.51. The number of ether oxygens (including phenoxy) is 1. The molecule has 2 fully saturated rings. The van der Waals surface area contributed by atoms with E-state index in [-0.39, 0.29) is 5.91 Å². The van der Waals surface area contributed by atoms with Gasteiger partial charge in [0.1, 0.15) is 12.1 Å². The normalized spacial score (nSPS) is 19.5. The molecule has 2 N–H and O–H groups in total. The molecule has 8 nitrogen and oxygen atoms in total. The minimum atomic E-state index is -1.01. The van der Waals surface area contributed by atoms with Gasteiger partial charge < -0.3 is 15.4 Å². The molecule has 1 aromatic heterocycles. The minimum absolute atomic E-state index is 0.355. The minimum Gasteiger partial charge on any atom is -0.451 e. The Balaban J connectivity index is 1.49. The molecule has 0 aromatic carbocycles. The molecular weight excluding hydrogens is 358 g/mol. The Kier molecular flexibility index (Phi) is 5.26. The molecule has 1 atom stereocenters. The van der Waals surface area contributed by atoms with Crippen molar-refractivity contribution in [3.8, 4) is 0 Å². The van der Waals surface area contributed by atoms with Gasteiger partial charge in [0, 0.05) is 4.88 Å². The van der Waals surface area contributed by atoms with E-state index in [9.17, 15) is 19.2 Å². The molecular formula is C17H21N3O5S. The van der Waals surface area contributed by atoms with E-state index in [1.165, 1.54) is 18.3 Å². The molecule has 3 rings (SSSR count). The molecule has 1 aliphatic heterocycles. The van der Waals surface area contributed by atoms with Gasteiger partial charge in [-0.3, -0.25) is 19.3 Å². The van der Waals surface area contributed by atoms with Crippen molar-refractivity contribution in [3.63, 3.8) is 0 Å². The van der Waals surface area contributed by atoms with Gasteiger partial charge in [0.05, 0.1) is 6.54 Å². The number of urea groups is 1. The van der Waals surface area contributed by atoms with Crippen molar-refractivity contribution in [1.82, 2.24) is 15.5 Å². The Bertz CT molecular complexity index is 712. The molecule has 0 radical (unpaired) electrons. The van der Waals surface area contributed by atoms with Crippen molar-refractivity contribution >= 4 is 35.2 Å². The van der Waals surface area contributed by atoms with Crippen LogP contribution in [0.3, 0.4) is 0 Å². The molecule has 2 heterocycles. The lowest BCUT2D eigenvalue weighted by Gasteiger charge is -2.20. The van der Waals surface area contributed by atoms with Crippen molar-refractivity contribution in [2.75, 3.05) is 6.54 Å². The average molecular weight is 379 g/mol. The molecule has 140 valence electrons. The lowest BCUT2D eigenvalue weighted by molar-refractivity contribution is -0.156. The summed E-state index contributed by atoms with van der Waals surface area (Å²) in [6, 6.07) is 3.19. The number of thiophene rings is 1. The summed E-state index contributed by atoms with van der Waals surface area (Å²) in [5.41, 5.74) is -0.860. The van der Waals surface area contributed by atoms with E-state index in [0.29, 0.717) is 19.4 Å². The first-order chi connectivity index (χ1) is 12.4. The Labute approximate surface area is 154 Å². The highest BCUT2D eigenvalue weighted by Gasteiger charge is 2.52. The van der Waals surface area contributed by atoms with E-state index >= 15 is 0 Å². The van der Waals surface area contributed by atoms with Gasteiger partial charge in [-0.05, 0) is 31.2 Å². The number of imide groups is 1. The SMILES string of the molecule is C[C@H](OC(=O)CN1C(=O)NC2(CCCC2)C1=O)C(=O)NCc1cccs1. The van der Waals surface area contributed by atoms with E-state index in [1.54, 1.807) is 0 Å². The molecule has 1 saturated heterocycles. The van der Waals surface area contributed by atoms with Crippen LogP contribution in [0.4, 0.5) is 4.79 Å².